The summed E-state index contributed by atoms with van der Waals surface area (Å²) < 4.78 is 296. The number of hydrogen-bond acceptors (Lipinski definition) is 2. The summed E-state index contributed by atoms with van der Waals surface area (Å²) in [6.45, 7) is 0.126. The molecule has 0 spiro atoms. The van der Waals surface area contributed by atoms with Crippen LogP contribution in [0, 0.1) is 116 Å². The van der Waals surface area contributed by atoms with Gasteiger partial charge in [0.1, 0.15) is 52.7 Å². The van der Waals surface area contributed by atoms with Crippen molar-refractivity contribution in [3.05, 3.63) is 189 Å². The van der Waals surface area contributed by atoms with Crippen LogP contribution in [-0.4, -0.2) is 17.0 Å². The molecule has 338 valence electrons. The third-order valence-electron chi connectivity index (χ3n) is 10.0. The summed E-state index contributed by atoms with van der Waals surface area (Å²) >= 11 is 0. The van der Waals surface area contributed by atoms with Crippen molar-refractivity contribution in [2.24, 2.45) is 0 Å². The van der Waals surface area contributed by atoms with E-state index < -0.39 is 144 Å². The maximum Gasteiger partial charge on any atom is 0.373 e. The van der Waals surface area contributed by atoms with Crippen LogP contribution in [0.15, 0.2) is 66.9 Å². The molecule has 0 aliphatic carbocycles. The van der Waals surface area contributed by atoms with Crippen molar-refractivity contribution in [3.63, 3.8) is 0 Å². The van der Waals surface area contributed by atoms with E-state index >= 15 is 35.1 Å². The standard InChI is InChI=1S/C24BF20.C17H13NO2/c26-5-1(6(27)14(35)21(42)13(5)34)25(2-7(28)15(36)22(43)16(37)8(2)29,3-9(30)17(38)23(44)18(39)10(3)31)4-11(32)19(40)24(45)20(41)12(4)33;19-16(14-7-2-1-3-8-14)12-18-11-10-13-6-4-5-9-15(13)17(18)20/h;1-11H,12H2/q-1;/p+1. The zero-order valence-corrected chi connectivity index (χ0v) is 31.0. The van der Waals surface area contributed by atoms with Crippen LogP contribution in [0.1, 0.15) is 10.4 Å². The number of carbonyl (C=O) groups is 1. The van der Waals surface area contributed by atoms with Crippen molar-refractivity contribution in [1.29, 1.82) is 0 Å². The molecule has 0 radical (unpaired) electrons. The van der Waals surface area contributed by atoms with Crippen molar-refractivity contribution < 1.29 is 102 Å². The lowest BCUT2D eigenvalue weighted by Crippen LogP contribution is -2.81. The van der Waals surface area contributed by atoms with Crippen molar-refractivity contribution >= 4 is 44.6 Å². The van der Waals surface area contributed by atoms with Gasteiger partial charge >= 0.3 is 5.88 Å². The molecule has 0 aliphatic heterocycles. The smallest absolute Gasteiger partial charge is 0.373 e. The van der Waals surface area contributed by atoms with Crippen molar-refractivity contribution in [2.45, 2.75) is 6.54 Å². The van der Waals surface area contributed by atoms with E-state index in [1.54, 1.807) is 22.9 Å². The molecule has 0 fully saturated rings. The Morgan fingerprint density at radius 2 is 0.662 bits per heavy atom. The molecule has 7 aromatic rings. The fourth-order valence-corrected chi connectivity index (χ4v) is 7.11. The van der Waals surface area contributed by atoms with Crippen LogP contribution in [0.3, 0.4) is 0 Å². The minimum atomic E-state index is -7.22. The first-order valence-electron chi connectivity index (χ1n) is 17.4. The molecule has 6 aromatic carbocycles. The highest BCUT2D eigenvalue weighted by Gasteiger charge is 2.52. The van der Waals surface area contributed by atoms with Gasteiger partial charge in [-0.2, -0.15) is 4.57 Å². The van der Waals surface area contributed by atoms with Crippen LogP contribution in [0.25, 0.3) is 10.8 Å². The number of aromatic hydroxyl groups is 1. The molecule has 0 amide bonds. The minimum absolute atomic E-state index is 0.0267. The Labute approximate surface area is 347 Å². The number of ketones is 1. The molecule has 0 saturated heterocycles. The molecule has 65 heavy (non-hydrogen) atoms. The van der Waals surface area contributed by atoms with Crippen LogP contribution in [0.2, 0.25) is 0 Å². The van der Waals surface area contributed by atoms with Gasteiger partial charge in [-0.3, -0.25) is 4.79 Å². The van der Waals surface area contributed by atoms with Crippen molar-refractivity contribution in [1.82, 2.24) is 0 Å². The number of benzene rings is 6. The lowest BCUT2D eigenvalue weighted by Gasteiger charge is -2.44. The largest absolute Gasteiger partial charge is 0.459 e. The summed E-state index contributed by atoms with van der Waals surface area (Å²) in [6.07, 6.45) is -5.48. The monoisotopic (exact) mass is 943 g/mol. The van der Waals surface area contributed by atoms with Crippen LogP contribution >= 0.6 is 0 Å². The van der Waals surface area contributed by atoms with E-state index in [1.807, 2.05) is 48.5 Å². The summed E-state index contributed by atoms with van der Waals surface area (Å²) in [7, 11) is 0. The molecule has 0 unspecified atom stereocenters. The summed E-state index contributed by atoms with van der Waals surface area (Å²) in [6, 6.07) is 18.5. The first-order chi connectivity index (χ1) is 30.5. The highest BCUT2D eigenvalue weighted by molar-refractivity contribution is 7.20. The summed E-state index contributed by atoms with van der Waals surface area (Å²) in [5, 5.41) is 12.0. The second kappa shape index (κ2) is 17.4. The van der Waals surface area contributed by atoms with Crippen LogP contribution in [0.5, 0.6) is 5.88 Å². The van der Waals surface area contributed by atoms with Gasteiger partial charge in [-0.1, -0.05) is 48.5 Å². The number of rotatable bonds is 7. The van der Waals surface area contributed by atoms with Gasteiger partial charge in [0.05, 0.1) is 5.39 Å². The Hall–Kier alpha value is -7.14. The van der Waals surface area contributed by atoms with Gasteiger partial charge in [-0.05, 0) is 11.5 Å². The average Bonchev–Trinajstić information content (AvgIpc) is 3.30. The molecular formula is C41H14BF20NO2. The normalized spacial score (nSPS) is 11.6. The molecule has 24 heteroatoms. The number of nitrogens with zero attached hydrogens (tertiary/aromatic N) is 1. The zero-order valence-electron chi connectivity index (χ0n) is 31.0. The number of fused-ring (bicyclic) bond motifs is 1. The van der Waals surface area contributed by atoms with Crippen molar-refractivity contribution in [3.8, 4) is 5.88 Å². The number of pyridine rings is 1. The highest BCUT2D eigenvalue weighted by atomic mass is 19.2. The molecule has 0 saturated carbocycles. The Balaban J connectivity index is 0.000000289. The first kappa shape index (κ1) is 47.3. The van der Waals surface area contributed by atoms with E-state index in [-0.39, 0.29) is 18.2 Å². The van der Waals surface area contributed by atoms with Gasteiger partial charge in [-0.25, -0.2) is 87.8 Å². The third kappa shape index (κ3) is 7.33. The number of halogens is 20. The van der Waals surface area contributed by atoms with E-state index in [0.717, 1.165) is 10.8 Å². The fraction of sp³-hybridized carbons (Fsp3) is 0.0244. The molecule has 1 heterocycles. The second-order valence-electron chi connectivity index (χ2n) is 13.4. The molecule has 7 rings (SSSR count). The molecular weight excluding hydrogens is 929 g/mol. The number of aromatic nitrogens is 1. The van der Waals surface area contributed by atoms with Crippen molar-refractivity contribution in [2.75, 3.05) is 0 Å². The van der Waals surface area contributed by atoms with E-state index in [4.69, 9.17) is 0 Å². The third-order valence-corrected chi connectivity index (χ3v) is 10.0. The summed E-state index contributed by atoms with van der Waals surface area (Å²) in [4.78, 5) is 12.2. The summed E-state index contributed by atoms with van der Waals surface area (Å²) in [5.74, 6) is -71.3. The lowest BCUT2D eigenvalue weighted by molar-refractivity contribution is -0.687. The van der Waals surface area contributed by atoms with Crippen LogP contribution < -0.4 is 26.4 Å². The Bertz CT molecular complexity index is 2730. The molecule has 1 N–H and O–H groups in total. The van der Waals surface area contributed by atoms with Gasteiger partial charge in [0.2, 0.25) is 12.3 Å². The second-order valence-corrected chi connectivity index (χ2v) is 13.4. The quantitative estimate of drug-likeness (QED) is 0.0435. The molecule has 1 aromatic heterocycles. The predicted molar refractivity (Wildman–Crippen MR) is 186 cm³/mol. The maximum absolute atomic E-state index is 15.4. The van der Waals surface area contributed by atoms with Gasteiger partial charge < -0.3 is 5.11 Å². The average molecular weight is 943 g/mol. The van der Waals surface area contributed by atoms with E-state index in [1.165, 1.54) is 0 Å². The van der Waals surface area contributed by atoms with Gasteiger partial charge in [0, 0.05) is 11.6 Å². The Kier molecular flexibility index (Phi) is 12.7. The number of Topliss-reactive ketones (excluding diaryl/α,β-unsaturated/α-hetero) is 1. The minimum Gasteiger partial charge on any atom is -0.459 e. The van der Waals surface area contributed by atoms with E-state index in [9.17, 15) is 62.6 Å². The maximum atomic E-state index is 15.4. The number of carbonyl (C=O) groups excluding carboxylic acids is 1. The Morgan fingerprint density at radius 3 is 0.985 bits per heavy atom. The highest BCUT2D eigenvalue weighted by Crippen LogP contribution is 2.31. The van der Waals surface area contributed by atoms with Crippen LogP contribution in [0.4, 0.5) is 87.8 Å². The Morgan fingerprint density at radius 1 is 0.385 bits per heavy atom. The van der Waals surface area contributed by atoms with Gasteiger partial charge in [0.25, 0.3) is 0 Å². The predicted octanol–water partition coefficient (Wildman–Crippen LogP) is 8.56. The molecule has 3 nitrogen and oxygen atoms in total. The zero-order chi connectivity index (χ0) is 48.3. The SMILES string of the molecule is Fc1c(F)c(F)c([B-](c2c(F)c(F)c(F)c(F)c2F)(c2c(F)c(F)c(F)c(F)c2F)c2c(F)c(F)c(F)c(F)c2F)c(F)c1F.O=C(C[n+]1ccc2ccccc2c1O)c1ccccc1. The van der Waals surface area contributed by atoms with E-state index in [2.05, 4.69) is 0 Å². The van der Waals surface area contributed by atoms with E-state index in [0.29, 0.717) is 5.56 Å². The topological polar surface area (TPSA) is 41.2 Å². The first-order valence-corrected chi connectivity index (χ1v) is 17.4. The van der Waals surface area contributed by atoms with Gasteiger partial charge in [0.15, 0.2) is 76.0 Å². The fourth-order valence-electron chi connectivity index (χ4n) is 7.11. The summed E-state index contributed by atoms with van der Waals surface area (Å²) in [5.41, 5.74) is -13.7. The molecule has 0 bridgehead atoms. The lowest BCUT2D eigenvalue weighted by atomic mass is 9.12. The van der Waals surface area contributed by atoms with Crippen LogP contribution in [-0.2, 0) is 6.54 Å². The molecule has 0 atom stereocenters. The molecule has 0 aliphatic rings. The number of hydrogen-bond donors (Lipinski definition) is 1. The van der Waals surface area contributed by atoms with Gasteiger partial charge in [-0.15, -0.1) is 21.9 Å².